The van der Waals surface area contributed by atoms with E-state index in [9.17, 15) is 0 Å². The van der Waals surface area contributed by atoms with Crippen molar-refractivity contribution < 1.29 is 0 Å². The van der Waals surface area contributed by atoms with Crippen molar-refractivity contribution in [3.05, 3.63) is 210 Å². The molecular weight excluding hydrogens is 683 g/mol. The summed E-state index contributed by atoms with van der Waals surface area (Å²) in [5, 5.41) is 12.9. The fourth-order valence-electron chi connectivity index (χ4n) is 8.10. The molecule has 1 aliphatic carbocycles. The van der Waals surface area contributed by atoms with Gasteiger partial charge < -0.3 is 9.13 Å². The summed E-state index contributed by atoms with van der Waals surface area (Å²) in [6, 6.07) is 61.0. The second kappa shape index (κ2) is 14.1. The van der Waals surface area contributed by atoms with Crippen molar-refractivity contribution in [2.45, 2.75) is 12.8 Å². The fourth-order valence-corrected chi connectivity index (χ4v) is 8.10. The van der Waals surface area contributed by atoms with E-state index in [1.165, 1.54) is 49.6 Å². The van der Waals surface area contributed by atoms with Crippen LogP contribution in [0, 0.1) is 5.41 Å². The first-order valence-electron chi connectivity index (χ1n) is 19.0. The molecule has 7 aromatic carbocycles. The first-order valence-corrected chi connectivity index (χ1v) is 19.0. The van der Waals surface area contributed by atoms with E-state index >= 15 is 0 Å². The third-order valence-corrected chi connectivity index (χ3v) is 10.7. The molecule has 0 atom stereocenters. The molecule has 2 aromatic heterocycles. The number of amidine groups is 2. The lowest BCUT2D eigenvalue weighted by molar-refractivity contribution is 0.888. The quantitative estimate of drug-likeness (QED) is 0.131. The molecule has 5 nitrogen and oxygen atoms in total. The van der Waals surface area contributed by atoms with E-state index in [0.717, 1.165) is 46.4 Å². The highest BCUT2D eigenvalue weighted by atomic mass is 15.0. The number of nitrogens with zero attached hydrogens (tertiary/aromatic N) is 4. The zero-order valence-corrected chi connectivity index (χ0v) is 30.7. The van der Waals surface area contributed by atoms with Crippen molar-refractivity contribution in [3.63, 3.8) is 0 Å². The van der Waals surface area contributed by atoms with Gasteiger partial charge in [0.25, 0.3) is 0 Å². The van der Waals surface area contributed by atoms with Crippen LogP contribution in [0.25, 0.3) is 61.3 Å². The Balaban J connectivity index is 1.05. The SMILES string of the molecule is N=C(/N=C(\N=C\c1ccccc1)c1ccccc1)c1cccc(-n2c3c(c4cc(-c5ccc6c(c5)c5ccccc5n6-c5ccccc5)ccc42)C=CCC3)c1. The summed E-state index contributed by atoms with van der Waals surface area (Å²) in [7, 11) is 0. The van der Waals surface area contributed by atoms with Crippen LogP contribution in [0.5, 0.6) is 0 Å². The third kappa shape index (κ3) is 5.96. The predicted molar refractivity (Wildman–Crippen MR) is 234 cm³/mol. The van der Waals surface area contributed by atoms with Gasteiger partial charge in [-0.05, 0) is 84.1 Å². The summed E-state index contributed by atoms with van der Waals surface area (Å²) >= 11 is 0. The molecule has 0 saturated carbocycles. The molecule has 56 heavy (non-hydrogen) atoms. The molecule has 0 aliphatic heterocycles. The molecule has 266 valence electrons. The minimum absolute atomic E-state index is 0.160. The van der Waals surface area contributed by atoms with E-state index in [0.29, 0.717) is 5.84 Å². The van der Waals surface area contributed by atoms with Gasteiger partial charge in [0.15, 0.2) is 11.7 Å². The van der Waals surface area contributed by atoms with Crippen molar-refractivity contribution in [1.29, 1.82) is 5.41 Å². The van der Waals surface area contributed by atoms with Crippen LogP contribution in [-0.2, 0) is 6.42 Å². The maximum absolute atomic E-state index is 9.16. The second-order valence-electron chi connectivity index (χ2n) is 14.2. The van der Waals surface area contributed by atoms with Gasteiger partial charge in [-0.3, -0.25) is 5.41 Å². The third-order valence-electron chi connectivity index (χ3n) is 10.7. The highest BCUT2D eigenvalue weighted by molar-refractivity contribution is 6.14. The molecule has 9 aromatic rings. The maximum Gasteiger partial charge on any atom is 0.161 e. The van der Waals surface area contributed by atoms with E-state index < -0.39 is 0 Å². The minimum Gasteiger partial charge on any atom is -0.313 e. The molecule has 1 aliphatic rings. The Bertz CT molecular complexity index is 3020. The van der Waals surface area contributed by atoms with Crippen molar-refractivity contribution in [2.75, 3.05) is 0 Å². The first kappa shape index (κ1) is 33.2. The van der Waals surface area contributed by atoms with Crippen LogP contribution in [0.1, 0.15) is 34.4 Å². The number of hydrogen-bond acceptors (Lipinski definition) is 1. The van der Waals surface area contributed by atoms with Gasteiger partial charge in [0.2, 0.25) is 0 Å². The summed E-state index contributed by atoms with van der Waals surface area (Å²) in [5.74, 6) is 0.654. The molecule has 1 N–H and O–H groups in total. The molecule has 2 heterocycles. The van der Waals surface area contributed by atoms with Gasteiger partial charge >= 0.3 is 0 Å². The molecular formula is C51H37N5. The van der Waals surface area contributed by atoms with Gasteiger partial charge in [0.1, 0.15) is 0 Å². The van der Waals surface area contributed by atoms with E-state index in [4.69, 9.17) is 15.4 Å². The number of para-hydroxylation sites is 2. The molecule has 0 bridgehead atoms. The van der Waals surface area contributed by atoms with Crippen LogP contribution in [0.15, 0.2) is 192 Å². The summed E-state index contributed by atoms with van der Waals surface area (Å²) < 4.78 is 4.74. The lowest BCUT2D eigenvalue weighted by Crippen LogP contribution is -2.07. The number of rotatable bonds is 6. The first-order chi connectivity index (χ1) is 27.7. The predicted octanol–water partition coefficient (Wildman–Crippen LogP) is 12.2. The van der Waals surface area contributed by atoms with Crippen molar-refractivity contribution in [2.24, 2.45) is 9.98 Å². The van der Waals surface area contributed by atoms with Gasteiger partial charge in [-0.15, -0.1) is 0 Å². The second-order valence-corrected chi connectivity index (χ2v) is 14.2. The zero-order valence-electron chi connectivity index (χ0n) is 30.7. The van der Waals surface area contributed by atoms with Crippen molar-refractivity contribution in [3.8, 4) is 22.5 Å². The highest BCUT2D eigenvalue weighted by Gasteiger charge is 2.20. The Hall–Kier alpha value is -7.37. The number of aromatic nitrogens is 2. The number of benzene rings is 7. The van der Waals surface area contributed by atoms with Gasteiger partial charge in [-0.2, -0.15) is 0 Å². The Morgan fingerprint density at radius 2 is 1.16 bits per heavy atom. The monoisotopic (exact) mass is 719 g/mol. The summed E-state index contributed by atoms with van der Waals surface area (Å²) in [6.45, 7) is 0. The van der Waals surface area contributed by atoms with E-state index in [-0.39, 0.29) is 5.84 Å². The van der Waals surface area contributed by atoms with Crippen molar-refractivity contribution in [1.82, 2.24) is 9.13 Å². The van der Waals surface area contributed by atoms with Gasteiger partial charge in [0.05, 0.1) is 16.6 Å². The lowest BCUT2D eigenvalue weighted by atomic mass is 9.98. The van der Waals surface area contributed by atoms with Crippen LogP contribution in [0.2, 0.25) is 0 Å². The molecule has 0 fully saturated rings. The average molecular weight is 720 g/mol. The minimum atomic E-state index is 0.160. The average Bonchev–Trinajstić information content (AvgIpc) is 3.78. The lowest BCUT2D eigenvalue weighted by Gasteiger charge is -2.14. The van der Waals surface area contributed by atoms with E-state index in [2.05, 4.69) is 124 Å². The summed E-state index contributed by atoms with van der Waals surface area (Å²) in [5.41, 5.74) is 13.2. The smallest absolute Gasteiger partial charge is 0.161 e. The Morgan fingerprint density at radius 3 is 1.95 bits per heavy atom. The topological polar surface area (TPSA) is 58.4 Å². The molecule has 0 saturated heterocycles. The number of hydrogen-bond donors (Lipinski definition) is 1. The van der Waals surface area contributed by atoms with Gasteiger partial charge in [0, 0.05) is 56.1 Å². The number of aliphatic imine (C=N–C) groups is 2. The van der Waals surface area contributed by atoms with E-state index in [1.807, 2.05) is 72.8 Å². The van der Waals surface area contributed by atoms with Crippen LogP contribution in [-0.4, -0.2) is 27.0 Å². The Kier molecular flexibility index (Phi) is 8.38. The molecule has 0 spiro atoms. The van der Waals surface area contributed by atoms with Crippen LogP contribution >= 0.6 is 0 Å². The largest absolute Gasteiger partial charge is 0.313 e. The van der Waals surface area contributed by atoms with Crippen LogP contribution in [0.4, 0.5) is 0 Å². The zero-order chi connectivity index (χ0) is 37.4. The molecule has 0 amide bonds. The van der Waals surface area contributed by atoms with Crippen LogP contribution in [0.3, 0.4) is 0 Å². The normalized spacial score (nSPS) is 12.9. The summed E-state index contributed by atoms with van der Waals surface area (Å²) in [6.07, 6.45) is 8.29. The standard InChI is InChI=1S/C51H37N5/c52-50(54-51(36-17-6-2-7-18-36)53-34-35-15-4-1-5-16-35)39-19-14-22-41(31-39)56-47-26-13-11-24-43(47)45-33-38(28-30-49(45)56)37-27-29-48-44(32-37)42-23-10-12-25-46(42)55(48)40-20-8-3-9-21-40/h1-12,14-25,27-34,52H,13,26H2/b52-50?,53-34+,54-51-. The summed E-state index contributed by atoms with van der Waals surface area (Å²) in [4.78, 5) is 9.54. The Labute approximate surface area is 325 Å². The van der Waals surface area contributed by atoms with Crippen molar-refractivity contribution >= 4 is 56.7 Å². The molecule has 5 heteroatoms. The highest BCUT2D eigenvalue weighted by Crippen LogP contribution is 2.39. The maximum atomic E-state index is 9.16. The number of nitrogens with one attached hydrogen (secondary N) is 1. The fraction of sp³-hybridized carbons (Fsp3) is 0.0392. The van der Waals surface area contributed by atoms with Gasteiger partial charge in [-0.25, -0.2) is 9.98 Å². The van der Waals surface area contributed by atoms with Gasteiger partial charge in [-0.1, -0.05) is 133 Å². The molecule has 0 radical (unpaired) electrons. The molecule has 10 rings (SSSR count). The molecule has 0 unspecified atom stereocenters. The van der Waals surface area contributed by atoms with Crippen LogP contribution < -0.4 is 0 Å². The Morgan fingerprint density at radius 1 is 0.536 bits per heavy atom. The number of fused-ring (bicyclic) bond motifs is 6. The number of allylic oxidation sites excluding steroid dienone is 1. The van der Waals surface area contributed by atoms with E-state index in [1.54, 1.807) is 6.21 Å².